The van der Waals surface area contributed by atoms with Crippen LogP contribution in [0.25, 0.3) is 0 Å². The van der Waals surface area contributed by atoms with Crippen molar-refractivity contribution in [2.24, 2.45) is 0 Å². The molecule has 0 radical (unpaired) electrons. The molecule has 0 aliphatic rings. The van der Waals surface area contributed by atoms with Crippen molar-refractivity contribution in [2.45, 2.75) is 29.9 Å². The molecular weight excluding hydrogens is 355 g/mol. The zero-order valence-electron chi connectivity index (χ0n) is 9.63. The number of carbonyl (C=O) groups is 2. The van der Waals surface area contributed by atoms with E-state index in [-0.39, 0.29) is 6.15 Å². The number of hydrogen-bond donors (Lipinski definition) is 2. The molecule has 0 aromatic carbocycles. The van der Waals surface area contributed by atoms with Crippen LogP contribution in [0.1, 0.15) is 0 Å². The van der Waals surface area contributed by atoms with Gasteiger partial charge in [-0.25, -0.2) is 9.18 Å². The number of halogens is 11. The minimum Gasteiger partial charge on any atom is -0.478 e. The lowest BCUT2D eigenvalue weighted by molar-refractivity contribution is -0.348. The third-order valence-corrected chi connectivity index (χ3v) is 2.03. The Bertz CT molecular complexity index is 454. The highest BCUT2D eigenvalue weighted by atomic mass is 19.4. The zero-order chi connectivity index (χ0) is 17.7. The van der Waals surface area contributed by atoms with Crippen LogP contribution in [0, 0.1) is 0 Å². The number of carbonyl (C=O) groups excluding carboxylic acids is 1. The number of carboxylic acid groups (broad SMARTS) is 1. The van der Waals surface area contributed by atoms with Gasteiger partial charge in [-0.05, 0) is 0 Å². The van der Waals surface area contributed by atoms with E-state index in [1.165, 1.54) is 0 Å². The van der Waals surface area contributed by atoms with Crippen LogP contribution in [0.3, 0.4) is 0 Å². The van der Waals surface area contributed by atoms with Gasteiger partial charge in [-0.2, -0.15) is 43.9 Å². The molecule has 0 aromatic heterocycles. The molecule has 0 heterocycles. The Kier molecular flexibility index (Phi) is 5.66. The molecule has 0 rings (SSSR count). The van der Waals surface area contributed by atoms with E-state index in [4.69, 9.17) is 5.11 Å². The van der Waals surface area contributed by atoms with Gasteiger partial charge in [0.15, 0.2) is 0 Å². The average molecular weight is 359 g/mol. The van der Waals surface area contributed by atoms with Crippen LogP contribution < -0.4 is 6.15 Å². The van der Waals surface area contributed by atoms with Crippen molar-refractivity contribution in [1.82, 2.24) is 6.15 Å². The second-order valence-corrected chi connectivity index (χ2v) is 3.44. The maximum absolute atomic E-state index is 13.0. The van der Waals surface area contributed by atoms with E-state index in [1.54, 1.807) is 0 Å². The summed E-state index contributed by atoms with van der Waals surface area (Å²) < 4.78 is 134. The van der Waals surface area contributed by atoms with Gasteiger partial charge in [-0.3, -0.25) is 4.79 Å². The lowest BCUT2D eigenvalue weighted by Gasteiger charge is -2.31. The SMILES string of the molecule is N.O=C(O)C(F)(C(=O)C(F)(F)C(F)(F)C(F)(F)F)C(F)(F)F. The normalized spacial score (nSPS) is 16.5. The van der Waals surface area contributed by atoms with Crippen molar-refractivity contribution >= 4 is 11.8 Å². The fraction of sp³-hybridized carbons (Fsp3) is 0.714. The van der Waals surface area contributed by atoms with E-state index >= 15 is 0 Å². The minimum atomic E-state index is -7.42. The molecule has 0 aliphatic carbocycles. The Morgan fingerprint density at radius 2 is 1.00 bits per heavy atom. The van der Waals surface area contributed by atoms with E-state index in [9.17, 15) is 57.9 Å². The number of rotatable bonds is 4. The van der Waals surface area contributed by atoms with Crippen LogP contribution in [0.4, 0.5) is 48.3 Å². The summed E-state index contributed by atoms with van der Waals surface area (Å²) in [6, 6.07) is 0. The van der Waals surface area contributed by atoms with Gasteiger partial charge in [0.05, 0.1) is 0 Å². The van der Waals surface area contributed by atoms with Gasteiger partial charge in [-0.1, -0.05) is 0 Å². The van der Waals surface area contributed by atoms with Crippen LogP contribution in [0.5, 0.6) is 0 Å². The van der Waals surface area contributed by atoms with Gasteiger partial charge < -0.3 is 11.3 Å². The quantitative estimate of drug-likeness (QED) is 0.597. The number of alkyl halides is 11. The molecule has 1 atom stereocenters. The molecule has 0 bridgehead atoms. The summed E-state index contributed by atoms with van der Waals surface area (Å²) >= 11 is 0. The topological polar surface area (TPSA) is 89.4 Å². The molecule has 0 saturated heterocycles. The molecule has 0 aromatic rings. The summed E-state index contributed by atoms with van der Waals surface area (Å²) in [5, 5.41) is 7.80. The van der Waals surface area contributed by atoms with Gasteiger partial charge in [0, 0.05) is 0 Å². The molecule has 0 aliphatic heterocycles. The van der Waals surface area contributed by atoms with Crippen molar-refractivity contribution in [1.29, 1.82) is 0 Å². The summed E-state index contributed by atoms with van der Waals surface area (Å²) in [6.07, 6.45) is -14.2. The second-order valence-electron chi connectivity index (χ2n) is 3.44. The third kappa shape index (κ3) is 2.93. The molecule has 0 fully saturated rings. The van der Waals surface area contributed by atoms with Gasteiger partial charge >= 0.3 is 35.8 Å². The minimum absolute atomic E-state index is 0. The molecular formula is C7H4F11NO3. The predicted octanol–water partition coefficient (Wildman–Crippen LogP) is 2.91. The maximum Gasteiger partial charge on any atom is 0.460 e. The van der Waals surface area contributed by atoms with E-state index < -0.39 is 41.6 Å². The highest BCUT2D eigenvalue weighted by Gasteiger charge is 2.83. The average Bonchev–Trinajstić information content (AvgIpc) is 2.22. The first-order valence-corrected chi connectivity index (χ1v) is 4.21. The second kappa shape index (κ2) is 5.51. The van der Waals surface area contributed by atoms with Gasteiger partial charge in [0.1, 0.15) is 0 Å². The monoisotopic (exact) mass is 359 g/mol. The van der Waals surface area contributed by atoms with Crippen molar-refractivity contribution < 1.29 is 63.0 Å². The van der Waals surface area contributed by atoms with Crippen LogP contribution in [0.2, 0.25) is 0 Å². The molecule has 0 amide bonds. The Labute approximate surface area is 112 Å². The number of ketones is 1. The van der Waals surface area contributed by atoms with Crippen LogP contribution in [-0.2, 0) is 9.59 Å². The molecule has 22 heavy (non-hydrogen) atoms. The highest BCUT2D eigenvalue weighted by Crippen LogP contribution is 2.50. The summed E-state index contributed by atoms with van der Waals surface area (Å²) in [4.78, 5) is 20.4. The molecule has 0 saturated carbocycles. The smallest absolute Gasteiger partial charge is 0.460 e. The maximum atomic E-state index is 13.0. The number of aliphatic carboxylic acids is 1. The summed E-state index contributed by atoms with van der Waals surface area (Å²) in [6.45, 7) is 0. The van der Waals surface area contributed by atoms with Crippen LogP contribution >= 0.6 is 0 Å². The summed E-state index contributed by atoms with van der Waals surface area (Å²) in [5.41, 5.74) is -6.65. The summed E-state index contributed by atoms with van der Waals surface area (Å²) in [5.74, 6) is -23.5. The molecule has 1 unspecified atom stereocenters. The first-order chi connectivity index (χ1) is 8.85. The number of hydrogen-bond acceptors (Lipinski definition) is 3. The highest BCUT2D eigenvalue weighted by molar-refractivity contribution is 6.11. The standard InChI is InChI=1S/C7HF11O3.H3N/c8-3(2(20)21,6(13,14)15)1(19)4(9,10)5(11,12)7(16,17)18;/h(H,20,21);1H3. The lowest BCUT2D eigenvalue weighted by atomic mass is 9.91. The molecule has 4 N–H and O–H groups in total. The van der Waals surface area contributed by atoms with E-state index in [2.05, 4.69) is 0 Å². The Hall–Kier alpha value is -1.67. The van der Waals surface area contributed by atoms with E-state index in [1.807, 2.05) is 0 Å². The molecule has 15 heteroatoms. The number of Topliss-reactive ketones (excluding diaryl/α,β-unsaturated/α-hetero) is 1. The van der Waals surface area contributed by atoms with Gasteiger partial charge in [0.2, 0.25) is 0 Å². The first-order valence-electron chi connectivity index (χ1n) is 4.21. The summed E-state index contributed by atoms with van der Waals surface area (Å²) in [7, 11) is 0. The molecule has 4 nitrogen and oxygen atoms in total. The molecule has 0 spiro atoms. The fourth-order valence-electron chi connectivity index (χ4n) is 0.884. The van der Waals surface area contributed by atoms with Crippen LogP contribution in [0.15, 0.2) is 0 Å². The van der Waals surface area contributed by atoms with E-state index in [0.29, 0.717) is 0 Å². The fourth-order valence-corrected chi connectivity index (χ4v) is 0.884. The van der Waals surface area contributed by atoms with Crippen LogP contribution in [-0.4, -0.2) is 46.7 Å². The van der Waals surface area contributed by atoms with Crippen molar-refractivity contribution in [3.8, 4) is 0 Å². The first kappa shape index (κ1) is 22.6. The van der Waals surface area contributed by atoms with Gasteiger partial charge in [0.25, 0.3) is 5.78 Å². The Morgan fingerprint density at radius 3 is 1.18 bits per heavy atom. The number of carboxylic acids is 1. The largest absolute Gasteiger partial charge is 0.478 e. The predicted molar refractivity (Wildman–Crippen MR) is 43.5 cm³/mol. The van der Waals surface area contributed by atoms with Gasteiger partial charge in [-0.15, -0.1) is 0 Å². The lowest BCUT2D eigenvalue weighted by Crippen LogP contribution is -2.66. The Balaban J connectivity index is 0. The van der Waals surface area contributed by atoms with Crippen molar-refractivity contribution in [2.75, 3.05) is 0 Å². The zero-order valence-corrected chi connectivity index (χ0v) is 9.63. The van der Waals surface area contributed by atoms with Crippen molar-refractivity contribution in [3.05, 3.63) is 0 Å². The van der Waals surface area contributed by atoms with Crippen molar-refractivity contribution in [3.63, 3.8) is 0 Å². The van der Waals surface area contributed by atoms with E-state index in [0.717, 1.165) is 0 Å². The molecule has 132 valence electrons. The Morgan fingerprint density at radius 1 is 0.682 bits per heavy atom. The third-order valence-electron chi connectivity index (χ3n) is 2.03.